The molecule has 3 rings (SSSR count). The summed E-state index contributed by atoms with van der Waals surface area (Å²) in [4.78, 5) is 25.6. The Balaban J connectivity index is 1.86. The summed E-state index contributed by atoms with van der Waals surface area (Å²) in [6, 6.07) is 13.3. The highest BCUT2D eigenvalue weighted by Crippen LogP contribution is 2.22. The van der Waals surface area contributed by atoms with Crippen LogP contribution in [0, 0.1) is 0 Å². The van der Waals surface area contributed by atoms with Crippen LogP contribution in [0.25, 0.3) is 0 Å². The van der Waals surface area contributed by atoms with Gasteiger partial charge in [0, 0.05) is 30.2 Å². The third kappa shape index (κ3) is 4.11. The molecule has 1 amide bonds. The largest absolute Gasteiger partial charge is 0.341 e. The van der Waals surface area contributed by atoms with Crippen LogP contribution in [0.15, 0.2) is 67.3 Å². The lowest BCUT2D eigenvalue weighted by Gasteiger charge is -2.20. The van der Waals surface area contributed by atoms with E-state index in [9.17, 15) is 4.79 Å². The van der Waals surface area contributed by atoms with Crippen LogP contribution in [0.5, 0.6) is 0 Å². The summed E-state index contributed by atoms with van der Waals surface area (Å²) in [5.74, 6) is 0.490. The monoisotopic (exact) mass is 346 g/mol. The van der Waals surface area contributed by atoms with Crippen LogP contribution >= 0.6 is 0 Å². The Hall–Kier alpha value is -3.08. The summed E-state index contributed by atoms with van der Waals surface area (Å²) in [6.07, 6.45) is 6.63. The number of pyridine rings is 1. The molecule has 0 fully saturated rings. The van der Waals surface area contributed by atoms with E-state index in [1.165, 1.54) is 0 Å². The number of hydrogen-bond acceptors (Lipinski definition) is 4. The van der Waals surface area contributed by atoms with Crippen molar-refractivity contribution in [3.05, 3.63) is 89.8 Å². The highest BCUT2D eigenvalue weighted by atomic mass is 16.1. The Kier molecular flexibility index (Phi) is 5.07. The maximum Gasteiger partial charge on any atom is 0.255 e. The summed E-state index contributed by atoms with van der Waals surface area (Å²) >= 11 is 0. The number of carbonyl (C=O) groups is 1. The van der Waals surface area contributed by atoms with Crippen LogP contribution in [-0.2, 0) is 5.41 Å². The van der Waals surface area contributed by atoms with Crippen molar-refractivity contribution < 1.29 is 4.79 Å². The minimum atomic E-state index is -0.292. The third-order valence-electron chi connectivity index (χ3n) is 4.01. The van der Waals surface area contributed by atoms with E-state index in [1.54, 1.807) is 24.8 Å². The van der Waals surface area contributed by atoms with Crippen molar-refractivity contribution in [2.24, 2.45) is 0 Å². The molecule has 1 N–H and O–H groups in total. The maximum atomic E-state index is 12.8. The lowest BCUT2D eigenvalue weighted by atomic mass is 9.96. The standard InChI is InChI=1S/C21H22N4O/c1-21(2,3)20-23-13-17(14-24-20)19(26)25-18(15-8-5-4-6-9-15)16-10-7-11-22-12-16/h4-14,18H,1-3H3,(H,25,26)/t18-/m1/s1. The second-order valence-electron chi connectivity index (χ2n) is 7.15. The van der Waals surface area contributed by atoms with Crippen LogP contribution in [0.2, 0.25) is 0 Å². The predicted octanol–water partition coefficient (Wildman–Crippen LogP) is 3.69. The van der Waals surface area contributed by atoms with Gasteiger partial charge in [-0.25, -0.2) is 9.97 Å². The van der Waals surface area contributed by atoms with Gasteiger partial charge in [0.2, 0.25) is 0 Å². The topological polar surface area (TPSA) is 67.8 Å². The Morgan fingerprint density at radius 3 is 2.15 bits per heavy atom. The smallest absolute Gasteiger partial charge is 0.255 e. The number of benzene rings is 1. The van der Waals surface area contributed by atoms with Gasteiger partial charge < -0.3 is 5.32 Å². The summed E-state index contributed by atoms with van der Waals surface area (Å²) in [7, 11) is 0. The van der Waals surface area contributed by atoms with E-state index in [1.807, 2.05) is 63.2 Å². The van der Waals surface area contributed by atoms with Gasteiger partial charge in [-0.1, -0.05) is 57.2 Å². The Morgan fingerprint density at radius 1 is 0.923 bits per heavy atom. The molecule has 0 aliphatic heterocycles. The molecular weight excluding hydrogens is 324 g/mol. The number of rotatable bonds is 4. The first-order valence-corrected chi connectivity index (χ1v) is 8.53. The normalized spacial score (nSPS) is 12.4. The SMILES string of the molecule is CC(C)(C)c1ncc(C(=O)N[C@H](c2ccccc2)c2cccnc2)cn1. The van der Waals surface area contributed by atoms with Gasteiger partial charge in [0.05, 0.1) is 11.6 Å². The number of aromatic nitrogens is 3. The third-order valence-corrected chi connectivity index (χ3v) is 4.01. The molecule has 0 saturated heterocycles. The molecule has 2 aromatic heterocycles. The van der Waals surface area contributed by atoms with Crippen LogP contribution in [0.1, 0.15) is 54.1 Å². The molecule has 5 heteroatoms. The zero-order valence-corrected chi connectivity index (χ0v) is 15.2. The van der Waals surface area contributed by atoms with Gasteiger partial charge in [0.25, 0.3) is 5.91 Å². The first kappa shape index (κ1) is 17.7. The fourth-order valence-electron chi connectivity index (χ4n) is 2.60. The molecule has 0 radical (unpaired) electrons. The molecule has 0 saturated carbocycles. The van der Waals surface area contributed by atoms with E-state index in [-0.39, 0.29) is 17.4 Å². The van der Waals surface area contributed by atoms with Crippen molar-refractivity contribution in [2.75, 3.05) is 0 Å². The van der Waals surface area contributed by atoms with Gasteiger partial charge in [0.15, 0.2) is 0 Å². The highest BCUT2D eigenvalue weighted by Gasteiger charge is 2.20. The van der Waals surface area contributed by atoms with Crippen molar-refractivity contribution in [1.29, 1.82) is 0 Å². The Bertz CT molecular complexity index is 817. The molecule has 0 bridgehead atoms. The molecule has 1 atom stereocenters. The average molecular weight is 346 g/mol. The molecule has 3 aromatic rings. The summed E-state index contributed by atoms with van der Waals surface area (Å²) in [5.41, 5.74) is 2.18. The fourth-order valence-corrected chi connectivity index (χ4v) is 2.60. The highest BCUT2D eigenvalue weighted by molar-refractivity contribution is 5.94. The van der Waals surface area contributed by atoms with Gasteiger partial charge in [-0.3, -0.25) is 9.78 Å². The van der Waals surface area contributed by atoms with Gasteiger partial charge in [-0.2, -0.15) is 0 Å². The number of nitrogens with zero attached hydrogens (tertiary/aromatic N) is 3. The molecule has 0 spiro atoms. The number of nitrogens with one attached hydrogen (secondary N) is 1. The van der Waals surface area contributed by atoms with Gasteiger partial charge in [-0.05, 0) is 17.2 Å². The molecule has 1 aromatic carbocycles. The second-order valence-corrected chi connectivity index (χ2v) is 7.15. The van der Waals surface area contributed by atoms with Crippen LogP contribution in [-0.4, -0.2) is 20.9 Å². The molecule has 0 unspecified atom stereocenters. The first-order valence-electron chi connectivity index (χ1n) is 8.53. The van der Waals surface area contributed by atoms with Crippen LogP contribution in [0.3, 0.4) is 0 Å². The van der Waals surface area contributed by atoms with E-state index in [0.717, 1.165) is 11.1 Å². The predicted molar refractivity (Wildman–Crippen MR) is 101 cm³/mol. The lowest BCUT2D eigenvalue weighted by molar-refractivity contribution is 0.0942. The minimum Gasteiger partial charge on any atom is -0.341 e. The maximum absolute atomic E-state index is 12.8. The van der Waals surface area contributed by atoms with Crippen molar-refractivity contribution in [3.8, 4) is 0 Å². The van der Waals surface area contributed by atoms with Gasteiger partial charge in [0.1, 0.15) is 5.82 Å². The van der Waals surface area contributed by atoms with Crippen LogP contribution < -0.4 is 5.32 Å². The number of hydrogen-bond donors (Lipinski definition) is 1. The van der Waals surface area contributed by atoms with E-state index < -0.39 is 0 Å². The van der Waals surface area contributed by atoms with E-state index >= 15 is 0 Å². The Labute approximate surface area is 153 Å². The fraction of sp³-hybridized carbons (Fsp3) is 0.238. The zero-order valence-electron chi connectivity index (χ0n) is 15.2. The molecule has 5 nitrogen and oxygen atoms in total. The quantitative estimate of drug-likeness (QED) is 0.782. The van der Waals surface area contributed by atoms with Crippen molar-refractivity contribution >= 4 is 5.91 Å². The van der Waals surface area contributed by atoms with E-state index in [0.29, 0.717) is 11.4 Å². The summed E-state index contributed by atoms with van der Waals surface area (Å²) < 4.78 is 0. The Morgan fingerprint density at radius 2 is 1.58 bits per heavy atom. The first-order chi connectivity index (χ1) is 12.4. The molecular formula is C21H22N4O. The van der Waals surface area contributed by atoms with Gasteiger partial charge in [-0.15, -0.1) is 0 Å². The number of amides is 1. The van der Waals surface area contributed by atoms with E-state index in [4.69, 9.17) is 0 Å². The van der Waals surface area contributed by atoms with Crippen molar-refractivity contribution in [3.63, 3.8) is 0 Å². The number of carbonyl (C=O) groups excluding carboxylic acids is 1. The summed E-state index contributed by atoms with van der Waals surface area (Å²) in [6.45, 7) is 6.11. The van der Waals surface area contributed by atoms with Gasteiger partial charge >= 0.3 is 0 Å². The zero-order chi connectivity index (χ0) is 18.6. The molecule has 26 heavy (non-hydrogen) atoms. The van der Waals surface area contributed by atoms with E-state index in [2.05, 4.69) is 20.3 Å². The molecule has 0 aliphatic rings. The molecule has 0 aliphatic carbocycles. The van der Waals surface area contributed by atoms with Crippen molar-refractivity contribution in [1.82, 2.24) is 20.3 Å². The van der Waals surface area contributed by atoms with Crippen molar-refractivity contribution in [2.45, 2.75) is 32.2 Å². The minimum absolute atomic E-state index is 0.155. The molecule has 132 valence electrons. The summed E-state index contributed by atoms with van der Waals surface area (Å²) in [5, 5.41) is 3.07. The lowest BCUT2D eigenvalue weighted by Crippen LogP contribution is -2.30. The van der Waals surface area contributed by atoms with Crippen LogP contribution in [0.4, 0.5) is 0 Å². The average Bonchev–Trinajstić information content (AvgIpc) is 2.67. The second kappa shape index (κ2) is 7.44. The molecule has 2 heterocycles.